The van der Waals surface area contributed by atoms with Crippen LogP contribution in [0.5, 0.6) is 0 Å². The lowest BCUT2D eigenvalue weighted by Crippen LogP contribution is -2.33. The number of fused-ring (bicyclic) bond motifs is 2. The first-order chi connectivity index (χ1) is 15.9. The number of benzene rings is 2. The molecule has 0 saturated heterocycles. The van der Waals surface area contributed by atoms with Gasteiger partial charge in [-0.25, -0.2) is 9.59 Å². The van der Waals surface area contributed by atoms with Crippen molar-refractivity contribution in [3.8, 4) is 0 Å². The average molecular weight is 447 g/mol. The van der Waals surface area contributed by atoms with Crippen LogP contribution in [0.3, 0.4) is 0 Å². The molecule has 3 aromatic rings. The number of methoxy groups -OCH3 is 2. The fraction of sp³-hybridized carbons (Fsp3) is 0.280. The third-order valence-electron chi connectivity index (χ3n) is 5.83. The molecule has 1 aliphatic heterocycles. The number of rotatable bonds is 5. The average Bonchev–Trinajstić information content (AvgIpc) is 2.85. The number of hydrogen-bond acceptors (Lipinski definition) is 7. The van der Waals surface area contributed by atoms with Gasteiger partial charge in [-0.15, -0.1) is 0 Å². The number of carbonyl (C=O) groups is 3. The highest BCUT2D eigenvalue weighted by atomic mass is 16.5. The molecule has 1 aliphatic rings. The van der Waals surface area contributed by atoms with Crippen molar-refractivity contribution in [3.63, 3.8) is 0 Å². The molecule has 0 atom stereocenters. The van der Waals surface area contributed by atoms with Crippen LogP contribution in [0.2, 0.25) is 0 Å². The van der Waals surface area contributed by atoms with Crippen LogP contribution in [-0.2, 0) is 22.4 Å². The summed E-state index contributed by atoms with van der Waals surface area (Å²) in [6.07, 6.45) is 0.763. The number of anilines is 1. The molecule has 2 aromatic carbocycles. The number of likely N-dealkylation sites (N-methyl/N-ethyl adjacent to an activating group) is 1. The van der Waals surface area contributed by atoms with Gasteiger partial charge in [-0.2, -0.15) is 0 Å². The zero-order valence-corrected chi connectivity index (χ0v) is 18.8. The number of esters is 2. The third kappa shape index (κ3) is 4.42. The van der Waals surface area contributed by atoms with E-state index in [4.69, 9.17) is 14.5 Å². The summed E-state index contributed by atoms with van der Waals surface area (Å²) >= 11 is 0. The van der Waals surface area contributed by atoms with Gasteiger partial charge in [-0.05, 0) is 30.8 Å². The number of nitrogens with one attached hydrogen (secondary N) is 1. The zero-order valence-electron chi connectivity index (χ0n) is 18.8. The number of hydrogen-bond donors (Lipinski definition) is 1. The molecule has 170 valence electrons. The Morgan fingerprint density at radius 3 is 2.33 bits per heavy atom. The van der Waals surface area contributed by atoms with Gasteiger partial charge in [0.15, 0.2) is 0 Å². The van der Waals surface area contributed by atoms with E-state index in [2.05, 4.69) is 17.1 Å². The van der Waals surface area contributed by atoms with Crippen molar-refractivity contribution in [2.75, 3.05) is 32.6 Å². The highest BCUT2D eigenvalue weighted by Crippen LogP contribution is 2.29. The Morgan fingerprint density at radius 2 is 1.70 bits per heavy atom. The fourth-order valence-corrected chi connectivity index (χ4v) is 4.14. The van der Waals surface area contributed by atoms with Crippen LogP contribution >= 0.6 is 0 Å². The number of nitrogens with zero attached hydrogens (tertiary/aromatic N) is 2. The molecule has 0 radical (unpaired) electrons. The van der Waals surface area contributed by atoms with Crippen molar-refractivity contribution in [1.82, 2.24) is 9.88 Å². The second-order valence-corrected chi connectivity index (χ2v) is 7.78. The summed E-state index contributed by atoms with van der Waals surface area (Å²) < 4.78 is 9.58. The molecule has 0 fully saturated rings. The van der Waals surface area contributed by atoms with Crippen molar-refractivity contribution >= 4 is 34.4 Å². The summed E-state index contributed by atoms with van der Waals surface area (Å²) in [5.41, 5.74) is 3.69. The molecular formula is C25H25N3O5. The molecule has 0 unspecified atom stereocenters. The number of para-hydroxylation sites is 1. The maximum atomic E-state index is 13.6. The molecule has 1 aromatic heterocycles. The Kier molecular flexibility index (Phi) is 6.37. The SMILES string of the molecule is CCN1CCc2nc3ccccc3c(C(=O)Nc3cc(C(=O)OC)cc(C(=O)OC)c3)c2C1. The lowest BCUT2D eigenvalue weighted by molar-refractivity contribution is 0.0599. The molecule has 0 saturated carbocycles. The second kappa shape index (κ2) is 9.38. The maximum Gasteiger partial charge on any atom is 0.337 e. The minimum absolute atomic E-state index is 0.134. The number of amides is 1. The summed E-state index contributed by atoms with van der Waals surface area (Å²) in [6, 6.07) is 11.9. The van der Waals surface area contributed by atoms with E-state index in [1.807, 2.05) is 24.3 Å². The maximum absolute atomic E-state index is 13.6. The van der Waals surface area contributed by atoms with Gasteiger partial charge in [-0.1, -0.05) is 25.1 Å². The van der Waals surface area contributed by atoms with Crippen LogP contribution in [-0.4, -0.2) is 55.0 Å². The van der Waals surface area contributed by atoms with E-state index in [9.17, 15) is 14.4 Å². The van der Waals surface area contributed by atoms with Crippen LogP contribution < -0.4 is 5.32 Å². The van der Waals surface area contributed by atoms with E-state index >= 15 is 0 Å². The molecule has 1 N–H and O–H groups in total. The minimum atomic E-state index is -0.624. The van der Waals surface area contributed by atoms with Crippen LogP contribution in [0.4, 0.5) is 5.69 Å². The van der Waals surface area contributed by atoms with Gasteiger partial charge in [-0.3, -0.25) is 14.7 Å². The number of ether oxygens (including phenoxy) is 2. The second-order valence-electron chi connectivity index (χ2n) is 7.78. The lowest BCUT2D eigenvalue weighted by Gasteiger charge is -2.29. The Labute approximate surface area is 191 Å². The molecule has 1 amide bonds. The van der Waals surface area contributed by atoms with Gasteiger partial charge >= 0.3 is 11.9 Å². The summed E-state index contributed by atoms with van der Waals surface area (Å²) in [5.74, 6) is -1.58. The van der Waals surface area contributed by atoms with E-state index in [0.29, 0.717) is 17.8 Å². The van der Waals surface area contributed by atoms with Crippen molar-refractivity contribution in [1.29, 1.82) is 0 Å². The summed E-state index contributed by atoms with van der Waals surface area (Å²) in [5, 5.41) is 3.62. The number of aromatic nitrogens is 1. The normalized spacial score (nSPS) is 13.3. The zero-order chi connectivity index (χ0) is 23.5. The van der Waals surface area contributed by atoms with Gasteiger partial charge in [0.25, 0.3) is 5.91 Å². The first-order valence-electron chi connectivity index (χ1n) is 10.7. The Morgan fingerprint density at radius 1 is 1.03 bits per heavy atom. The quantitative estimate of drug-likeness (QED) is 0.599. The van der Waals surface area contributed by atoms with Crippen molar-refractivity contribution in [3.05, 3.63) is 70.4 Å². The van der Waals surface area contributed by atoms with E-state index in [0.717, 1.165) is 41.7 Å². The monoisotopic (exact) mass is 447 g/mol. The van der Waals surface area contributed by atoms with Gasteiger partial charge < -0.3 is 14.8 Å². The topological polar surface area (TPSA) is 97.8 Å². The first kappa shape index (κ1) is 22.4. The number of pyridine rings is 1. The Bertz CT molecular complexity index is 1220. The molecule has 0 spiro atoms. The molecule has 33 heavy (non-hydrogen) atoms. The predicted octanol–water partition coefficient (Wildman–Crippen LogP) is 3.44. The van der Waals surface area contributed by atoms with Crippen LogP contribution in [0.15, 0.2) is 42.5 Å². The van der Waals surface area contributed by atoms with Crippen LogP contribution in [0.25, 0.3) is 10.9 Å². The van der Waals surface area contributed by atoms with Gasteiger partial charge in [0.1, 0.15) is 0 Å². The minimum Gasteiger partial charge on any atom is -0.465 e. The summed E-state index contributed by atoms with van der Waals surface area (Å²) in [6.45, 7) is 4.48. The molecule has 0 bridgehead atoms. The Balaban J connectivity index is 1.80. The molecule has 0 aliphatic carbocycles. The Hall–Kier alpha value is -3.78. The third-order valence-corrected chi connectivity index (χ3v) is 5.83. The highest BCUT2D eigenvalue weighted by Gasteiger charge is 2.26. The molecule has 2 heterocycles. The van der Waals surface area contributed by atoms with E-state index in [1.165, 1.54) is 32.4 Å². The van der Waals surface area contributed by atoms with Crippen molar-refractivity contribution in [2.24, 2.45) is 0 Å². The number of carbonyl (C=O) groups excluding carboxylic acids is 3. The predicted molar refractivity (Wildman–Crippen MR) is 123 cm³/mol. The lowest BCUT2D eigenvalue weighted by atomic mass is 9.95. The van der Waals surface area contributed by atoms with Crippen molar-refractivity contribution < 1.29 is 23.9 Å². The summed E-state index contributed by atoms with van der Waals surface area (Å²) in [7, 11) is 2.50. The molecule has 8 nitrogen and oxygen atoms in total. The van der Waals surface area contributed by atoms with Crippen LogP contribution in [0, 0.1) is 0 Å². The largest absolute Gasteiger partial charge is 0.465 e. The standard InChI is InChI=1S/C25H25N3O5/c1-4-28-10-9-21-19(14-28)22(18-7-5-6-8-20(18)27-21)23(29)26-17-12-15(24(30)32-2)11-16(13-17)25(31)33-3/h5-8,11-13H,4,9-10,14H2,1-3H3,(H,26,29). The van der Waals surface area contributed by atoms with Crippen molar-refractivity contribution in [2.45, 2.75) is 19.9 Å². The molecular weight excluding hydrogens is 422 g/mol. The molecule has 8 heteroatoms. The first-order valence-corrected chi connectivity index (χ1v) is 10.7. The van der Waals surface area contributed by atoms with Gasteiger partial charge in [0, 0.05) is 41.8 Å². The van der Waals surface area contributed by atoms with E-state index in [-0.39, 0.29) is 17.0 Å². The van der Waals surface area contributed by atoms with Gasteiger partial charge in [0.2, 0.25) is 0 Å². The van der Waals surface area contributed by atoms with Gasteiger partial charge in [0.05, 0.1) is 36.4 Å². The van der Waals surface area contributed by atoms with Crippen LogP contribution in [0.1, 0.15) is 49.3 Å². The fourth-order valence-electron chi connectivity index (χ4n) is 4.14. The highest BCUT2D eigenvalue weighted by molar-refractivity contribution is 6.14. The molecule has 4 rings (SSSR count). The smallest absolute Gasteiger partial charge is 0.337 e. The summed E-state index contributed by atoms with van der Waals surface area (Å²) in [4.78, 5) is 44.9. The van der Waals surface area contributed by atoms with E-state index < -0.39 is 11.9 Å². The van der Waals surface area contributed by atoms with E-state index in [1.54, 1.807) is 0 Å².